The Kier molecular flexibility index (Phi) is 5.56. The van der Waals surface area contributed by atoms with Crippen LogP contribution in [0.5, 0.6) is 0 Å². The number of esters is 1. The van der Waals surface area contributed by atoms with Gasteiger partial charge in [0.25, 0.3) is 0 Å². The van der Waals surface area contributed by atoms with Gasteiger partial charge in [-0.2, -0.15) is 18.3 Å². The Balaban J connectivity index is 2.52. The van der Waals surface area contributed by atoms with Crippen molar-refractivity contribution in [2.75, 3.05) is 0 Å². The Labute approximate surface area is 161 Å². The quantitative estimate of drug-likeness (QED) is 0.766. The minimum atomic E-state index is -4.77. The normalized spacial score (nSPS) is 12.0. The zero-order chi connectivity index (χ0) is 21.4. The molecule has 1 aromatic carbocycles. The van der Waals surface area contributed by atoms with Crippen LogP contribution < -0.4 is 5.43 Å². The summed E-state index contributed by atoms with van der Waals surface area (Å²) in [4.78, 5) is 35.5. The van der Waals surface area contributed by atoms with E-state index in [1.54, 1.807) is 0 Å². The highest BCUT2D eigenvalue weighted by molar-refractivity contribution is 6.33. The van der Waals surface area contributed by atoms with Gasteiger partial charge < -0.3 is 9.84 Å². The lowest BCUT2D eigenvalue weighted by Crippen LogP contribution is -2.37. The molecule has 0 bridgehead atoms. The van der Waals surface area contributed by atoms with Gasteiger partial charge in [0.15, 0.2) is 0 Å². The number of carboxylic acid groups (broad SMARTS) is 1. The summed E-state index contributed by atoms with van der Waals surface area (Å²) < 4.78 is 44.0. The highest BCUT2D eigenvalue weighted by Gasteiger charge is 2.35. The van der Waals surface area contributed by atoms with E-state index in [0.717, 1.165) is 27.0 Å². The third kappa shape index (κ3) is 4.33. The van der Waals surface area contributed by atoms with Crippen LogP contribution in [0.15, 0.2) is 29.1 Å². The van der Waals surface area contributed by atoms with Crippen LogP contribution in [0.2, 0.25) is 5.02 Å². The van der Waals surface area contributed by atoms with E-state index in [9.17, 15) is 27.6 Å². The molecule has 0 spiro atoms. The fraction of sp³-hybridized carbons (Fsp3) is 0.294. The smallest absolute Gasteiger partial charge is 0.433 e. The molecule has 0 aliphatic rings. The number of aryl methyl sites for hydroxylation is 1. The van der Waals surface area contributed by atoms with Crippen molar-refractivity contribution in [3.63, 3.8) is 0 Å². The monoisotopic (exact) mass is 418 g/mol. The number of carbonyl (C=O) groups excluding carboxylic acids is 1. The van der Waals surface area contributed by atoms with Gasteiger partial charge in [-0.25, -0.2) is 9.59 Å². The maximum Gasteiger partial charge on any atom is 0.433 e. The fourth-order valence-electron chi connectivity index (χ4n) is 2.16. The van der Waals surface area contributed by atoms with Crippen molar-refractivity contribution in [1.29, 1.82) is 0 Å². The van der Waals surface area contributed by atoms with E-state index >= 15 is 0 Å². The van der Waals surface area contributed by atoms with E-state index in [2.05, 4.69) is 5.10 Å². The van der Waals surface area contributed by atoms with E-state index < -0.39 is 34.8 Å². The lowest BCUT2D eigenvalue weighted by Gasteiger charge is -2.20. The zero-order valence-electron chi connectivity index (χ0n) is 14.8. The first-order chi connectivity index (χ1) is 12.7. The highest BCUT2D eigenvalue weighted by Crippen LogP contribution is 2.29. The van der Waals surface area contributed by atoms with Crippen LogP contribution in [-0.2, 0) is 22.8 Å². The highest BCUT2D eigenvalue weighted by atomic mass is 35.5. The first-order valence-corrected chi connectivity index (χ1v) is 8.04. The van der Waals surface area contributed by atoms with Gasteiger partial charge in [-0.05, 0) is 26.0 Å². The van der Waals surface area contributed by atoms with Crippen molar-refractivity contribution in [3.05, 3.63) is 50.8 Å². The lowest BCUT2D eigenvalue weighted by atomic mass is 10.1. The molecule has 2 rings (SSSR count). The number of alkyl halides is 3. The Bertz CT molecular complexity index is 1010. The number of nitrogens with zero attached hydrogens (tertiary/aromatic N) is 2. The molecule has 0 unspecified atom stereocenters. The second-order valence-corrected chi connectivity index (χ2v) is 6.67. The van der Waals surface area contributed by atoms with E-state index in [0.29, 0.717) is 10.7 Å². The number of halogens is 4. The van der Waals surface area contributed by atoms with E-state index in [4.69, 9.17) is 21.4 Å². The molecule has 0 aliphatic heterocycles. The molecule has 0 saturated carbocycles. The lowest BCUT2D eigenvalue weighted by molar-refractivity contribution is -0.155. The Morgan fingerprint density at radius 1 is 1.21 bits per heavy atom. The van der Waals surface area contributed by atoms with Gasteiger partial charge >= 0.3 is 18.1 Å². The predicted molar refractivity (Wildman–Crippen MR) is 92.1 cm³/mol. The van der Waals surface area contributed by atoms with Gasteiger partial charge in [0, 0.05) is 18.7 Å². The molecule has 7 nitrogen and oxygen atoms in total. The number of hydrogen-bond acceptors (Lipinski definition) is 5. The summed E-state index contributed by atoms with van der Waals surface area (Å²) in [6.45, 7) is 2.30. The summed E-state index contributed by atoms with van der Waals surface area (Å²) in [5, 5.41) is 12.6. The molecule has 0 saturated heterocycles. The Morgan fingerprint density at radius 2 is 1.82 bits per heavy atom. The van der Waals surface area contributed by atoms with E-state index in [-0.39, 0.29) is 21.8 Å². The van der Waals surface area contributed by atoms with Crippen molar-refractivity contribution >= 4 is 23.5 Å². The maximum atomic E-state index is 12.9. The molecule has 150 valence electrons. The second kappa shape index (κ2) is 7.27. The molecule has 11 heteroatoms. The number of aliphatic carboxylic acids is 1. The molecule has 1 N–H and O–H groups in total. The topological polar surface area (TPSA) is 98.5 Å². The summed E-state index contributed by atoms with van der Waals surface area (Å²) in [5.74, 6) is -2.48. The fourth-order valence-corrected chi connectivity index (χ4v) is 2.36. The Morgan fingerprint density at radius 3 is 2.36 bits per heavy atom. The first kappa shape index (κ1) is 21.4. The molecule has 0 amide bonds. The van der Waals surface area contributed by atoms with Crippen LogP contribution in [0.1, 0.15) is 29.9 Å². The Hall–Kier alpha value is -2.88. The van der Waals surface area contributed by atoms with Crippen molar-refractivity contribution in [2.45, 2.75) is 25.6 Å². The third-order valence-corrected chi connectivity index (χ3v) is 4.04. The molecule has 0 radical (unpaired) electrons. The van der Waals surface area contributed by atoms with Crippen molar-refractivity contribution in [1.82, 2.24) is 9.78 Å². The number of rotatable bonds is 4. The van der Waals surface area contributed by atoms with Gasteiger partial charge in [0.05, 0.1) is 10.6 Å². The number of hydrogen-bond donors (Lipinski definition) is 1. The zero-order valence-corrected chi connectivity index (χ0v) is 15.6. The van der Waals surface area contributed by atoms with Gasteiger partial charge in [-0.1, -0.05) is 17.7 Å². The van der Waals surface area contributed by atoms with Crippen LogP contribution in [0.4, 0.5) is 13.2 Å². The largest absolute Gasteiger partial charge is 0.478 e. The molecule has 0 fully saturated rings. The number of aromatic nitrogens is 2. The van der Waals surface area contributed by atoms with Gasteiger partial charge in [0.1, 0.15) is 11.4 Å². The molecular formula is C17H14ClF3N2O5. The number of benzene rings is 1. The predicted octanol–water partition coefficient (Wildman–Crippen LogP) is 3.14. The minimum Gasteiger partial charge on any atom is -0.478 e. The van der Waals surface area contributed by atoms with Crippen LogP contribution in [-0.4, -0.2) is 32.4 Å². The third-order valence-electron chi connectivity index (χ3n) is 3.71. The molecule has 1 aromatic heterocycles. The molecule has 0 aliphatic carbocycles. The minimum absolute atomic E-state index is 0.0128. The maximum absolute atomic E-state index is 12.9. The number of carbonyl (C=O) groups is 2. The summed E-state index contributed by atoms with van der Waals surface area (Å²) in [6.07, 6.45) is -4.77. The molecule has 28 heavy (non-hydrogen) atoms. The molecule has 1 heterocycles. The van der Waals surface area contributed by atoms with Crippen molar-refractivity contribution < 1.29 is 32.6 Å². The summed E-state index contributed by atoms with van der Waals surface area (Å²) in [6, 6.07) is 4.00. The number of ether oxygens (including phenoxy) is 1. The molecular weight excluding hydrogens is 405 g/mol. The standard InChI is InChI=1S/C17H14ClF3N2O5/c1-16(2,15(26)27)28-14(25)9-6-8(4-5-10(9)18)13-11(24)7-12(17(19,20)21)23(3)22-13/h4-7H,1-3H3,(H,26,27). The average molecular weight is 419 g/mol. The summed E-state index contributed by atoms with van der Waals surface area (Å²) in [5.41, 5.74) is -4.70. The van der Waals surface area contributed by atoms with Crippen LogP contribution in [0, 0.1) is 0 Å². The van der Waals surface area contributed by atoms with E-state index in [1.165, 1.54) is 12.1 Å². The SMILES string of the molecule is Cn1nc(-c2ccc(Cl)c(C(=O)OC(C)(C)C(=O)O)c2)c(=O)cc1C(F)(F)F. The first-order valence-electron chi connectivity index (χ1n) is 7.66. The van der Waals surface area contributed by atoms with Crippen LogP contribution in [0.3, 0.4) is 0 Å². The van der Waals surface area contributed by atoms with Gasteiger partial charge in [-0.3, -0.25) is 9.48 Å². The molecule has 2 aromatic rings. The van der Waals surface area contributed by atoms with Gasteiger partial charge in [-0.15, -0.1) is 0 Å². The average Bonchev–Trinajstić information content (AvgIpc) is 2.55. The van der Waals surface area contributed by atoms with E-state index in [1.807, 2.05) is 0 Å². The summed E-state index contributed by atoms with van der Waals surface area (Å²) in [7, 11) is 1.02. The second-order valence-electron chi connectivity index (χ2n) is 6.26. The van der Waals surface area contributed by atoms with Gasteiger partial charge in [0.2, 0.25) is 11.0 Å². The van der Waals surface area contributed by atoms with Crippen LogP contribution in [0.25, 0.3) is 11.3 Å². The number of carboxylic acids is 1. The molecule has 0 atom stereocenters. The van der Waals surface area contributed by atoms with Crippen molar-refractivity contribution in [3.8, 4) is 11.3 Å². The van der Waals surface area contributed by atoms with Crippen molar-refractivity contribution in [2.24, 2.45) is 7.05 Å². The summed E-state index contributed by atoms with van der Waals surface area (Å²) >= 11 is 5.94. The van der Waals surface area contributed by atoms with Crippen LogP contribution >= 0.6 is 11.6 Å².